The Bertz CT molecular complexity index is 704. The summed E-state index contributed by atoms with van der Waals surface area (Å²) >= 11 is 0. The molecule has 2 heterocycles. The molecule has 0 bridgehead atoms. The van der Waals surface area contributed by atoms with E-state index in [9.17, 15) is 10.1 Å². The van der Waals surface area contributed by atoms with E-state index in [4.69, 9.17) is 0 Å². The maximum absolute atomic E-state index is 11.5. The monoisotopic (exact) mass is 317 g/mol. The Morgan fingerprint density at radius 3 is 2.74 bits per heavy atom. The Balaban J connectivity index is 1.89. The van der Waals surface area contributed by atoms with E-state index in [1.165, 1.54) is 23.7 Å². The van der Waals surface area contributed by atoms with E-state index < -0.39 is 0 Å². The lowest BCUT2D eigenvalue weighted by molar-refractivity contribution is -0.389. The molecule has 7 nitrogen and oxygen atoms in total. The molecular weight excluding hydrogens is 294 g/mol. The number of nitro groups is 1. The van der Waals surface area contributed by atoms with Crippen molar-refractivity contribution in [3.8, 4) is 0 Å². The van der Waals surface area contributed by atoms with Crippen molar-refractivity contribution in [3.63, 3.8) is 0 Å². The Morgan fingerprint density at radius 1 is 1.35 bits per heavy atom. The number of pyridine rings is 1. The number of hydrogen-bond donors (Lipinski definition) is 1. The molecule has 0 aliphatic heterocycles. The summed E-state index contributed by atoms with van der Waals surface area (Å²) in [6.07, 6.45) is 7.56. The van der Waals surface area contributed by atoms with Gasteiger partial charge in [-0.2, -0.15) is 9.38 Å². The van der Waals surface area contributed by atoms with Gasteiger partial charge in [0, 0.05) is 18.2 Å². The highest BCUT2D eigenvalue weighted by Crippen LogP contribution is 2.33. The fraction of sp³-hybridized carbons (Fsp3) is 0.562. The van der Waals surface area contributed by atoms with Crippen LogP contribution in [0.5, 0.6) is 0 Å². The summed E-state index contributed by atoms with van der Waals surface area (Å²) in [6, 6.07) is 5.38. The zero-order valence-corrected chi connectivity index (χ0v) is 13.7. The van der Waals surface area contributed by atoms with Crippen molar-refractivity contribution in [2.75, 3.05) is 26.0 Å². The molecule has 1 N–H and O–H groups in total. The SMILES string of the molecule is CN(C)C1(CNc2nc3ccccn3c2[N+](=O)[O-])CCCCC1. The van der Waals surface area contributed by atoms with Gasteiger partial charge in [-0.05, 0) is 37.9 Å². The number of anilines is 1. The average molecular weight is 317 g/mol. The van der Waals surface area contributed by atoms with E-state index >= 15 is 0 Å². The van der Waals surface area contributed by atoms with Crippen LogP contribution < -0.4 is 5.32 Å². The molecule has 7 heteroatoms. The molecule has 0 atom stereocenters. The van der Waals surface area contributed by atoms with Crippen LogP contribution in [0.4, 0.5) is 11.6 Å². The first kappa shape index (κ1) is 15.7. The minimum absolute atomic E-state index is 0.00492. The topological polar surface area (TPSA) is 75.7 Å². The van der Waals surface area contributed by atoms with E-state index in [-0.39, 0.29) is 16.3 Å². The average Bonchev–Trinajstić information content (AvgIpc) is 2.92. The van der Waals surface area contributed by atoms with Gasteiger partial charge in [-0.15, -0.1) is 0 Å². The lowest BCUT2D eigenvalue weighted by Crippen LogP contribution is -2.51. The predicted molar refractivity (Wildman–Crippen MR) is 89.8 cm³/mol. The van der Waals surface area contributed by atoms with Gasteiger partial charge in [0.2, 0.25) is 11.5 Å². The zero-order chi connectivity index (χ0) is 16.4. The fourth-order valence-electron chi connectivity index (χ4n) is 3.52. The van der Waals surface area contributed by atoms with Gasteiger partial charge in [0.25, 0.3) is 0 Å². The summed E-state index contributed by atoms with van der Waals surface area (Å²) < 4.78 is 1.52. The molecule has 23 heavy (non-hydrogen) atoms. The van der Waals surface area contributed by atoms with E-state index in [1.807, 2.05) is 6.07 Å². The number of aromatic nitrogens is 2. The van der Waals surface area contributed by atoms with Gasteiger partial charge >= 0.3 is 5.82 Å². The summed E-state index contributed by atoms with van der Waals surface area (Å²) in [5, 5.41) is 14.7. The van der Waals surface area contributed by atoms with E-state index in [1.54, 1.807) is 18.3 Å². The number of imidazole rings is 1. The maximum Gasteiger partial charge on any atom is 0.372 e. The number of nitrogens with zero attached hydrogens (tertiary/aromatic N) is 4. The molecule has 0 amide bonds. The molecule has 2 aromatic heterocycles. The molecule has 2 aromatic rings. The predicted octanol–water partition coefficient (Wildman–Crippen LogP) is 2.92. The van der Waals surface area contributed by atoms with Gasteiger partial charge in [0.15, 0.2) is 0 Å². The van der Waals surface area contributed by atoms with Crippen molar-refractivity contribution in [2.24, 2.45) is 0 Å². The molecule has 0 unspecified atom stereocenters. The first-order valence-electron chi connectivity index (χ1n) is 8.06. The van der Waals surface area contributed by atoms with Gasteiger partial charge in [-0.3, -0.25) is 0 Å². The molecule has 0 saturated heterocycles. The van der Waals surface area contributed by atoms with Gasteiger partial charge in [0.1, 0.15) is 0 Å². The minimum atomic E-state index is -0.370. The van der Waals surface area contributed by atoms with Crippen LogP contribution in [0, 0.1) is 10.1 Å². The number of likely N-dealkylation sites (N-methyl/N-ethyl adjacent to an activating group) is 1. The van der Waals surface area contributed by atoms with Gasteiger partial charge < -0.3 is 20.3 Å². The second kappa shape index (κ2) is 6.16. The summed E-state index contributed by atoms with van der Waals surface area (Å²) in [5.41, 5.74) is 0.631. The second-order valence-corrected chi connectivity index (χ2v) is 6.50. The molecule has 1 saturated carbocycles. The first-order chi connectivity index (χ1) is 11.0. The molecule has 124 valence electrons. The van der Waals surface area contributed by atoms with Crippen molar-refractivity contribution < 1.29 is 4.92 Å². The normalized spacial score (nSPS) is 17.5. The largest absolute Gasteiger partial charge is 0.372 e. The Morgan fingerprint density at radius 2 is 2.09 bits per heavy atom. The highest BCUT2D eigenvalue weighted by atomic mass is 16.6. The minimum Gasteiger partial charge on any atom is -0.361 e. The van der Waals surface area contributed by atoms with Crippen molar-refractivity contribution in [1.82, 2.24) is 14.3 Å². The summed E-state index contributed by atoms with van der Waals surface area (Å²) in [6.45, 7) is 0.671. The number of rotatable bonds is 5. The molecular formula is C16H23N5O2. The molecule has 1 aliphatic rings. The Labute approximate surface area is 135 Å². The maximum atomic E-state index is 11.5. The zero-order valence-electron chi connectivity index (χ0n) is 13.7. The fourth-order valence-corrected chi connectivity index (χ4v) is 3.52. The molecule has 3 rings (SSSR count). The Kier molecular flexibility index (Phi) is 4.21. The Hall–Kier alpha value is -2.15. The third kappa shape index (κ3) is 2.88. The third-order valence-electron chi connectivity index (χ3n) is 5.00. The van der Waals surface area contributed by atoms with Gasteiger partial charge in [0.05, 0.1) is 6.20 Å². The standard InChI is InChI=1S/C16H23N5O2/c1-19(2)16(9-5-3-6-10-16)12-17-14-15(21(22)23)20-11-7-4-8-13(20)18-14/h4,7-8,11,17H,3,5-6,9-10,12H2,1-2H3. The van der Waals surface area contributed by atoms with Crippen LogP contribution in [-0.2, 0) is 0 Å². The lowest BCUT2D eigenvalue weighted by atomic mass is 9.80. The van der Waals surface area contributed by atoms with Crippen LogP contribution in [0.2, 0.25) is 0 Å². The van der Waals surface area contributed by atoms with Crippen molar-refractivity contribution in [1.29, 1.82) is 0 Å². The molecule has 1 aliphatic carbocycles. The first-order valence-corrected chi connectivity index (χ1v) is 8.06. The smallest absolute Gasteiger partial charge is 0.361 e. The number of fused-ring (bicyclic) bond motifs is 1. The molecule has 0 aromatic carbocycles. The van der Waals surface area contributed by atoms with Crippen LogP contribution in [0.1, 0.15) is 32.1 Å². The summed E-state index contributed by atoms with van der Waals surface area (Å²) in [7, 11) is 4.18. The molecule has 1 fully saturated rings. The van der Waals surface area contributed by atoms with E-state index in [2.05, 4.69) is 29.3 Å². The number of hydrogen-bond acceptors (Lipinski definition) is 5. The van der Waals surface area contributed by atoms with Crippen LogP contribution in [0.15, 0.2) is 24.4 Å². The highest BCUT2D eigenvalue weighted by molar-refractivity contribution is 5.62. The lowest BCUT2D eigenvalue weighted by Gasteiger charge is -2.43. The van der Waals surface area contributed by atoms with Crippen LogP contribution in [0.3, 0.4) is 0 Å². The second-order valence-electron chi connectivity index (χ2n) is 6.50. The van der Waals surface area contributed by atoms with E-state index in [0.29, 0.717) is 18.0 Å². The quantitative estimate of drug-likeness (QED) is 0.678. The van der Waals surface area contributed by atoms with E-state index in [0.717, 1.165) is 12.8 Å². The highest BCUT2D eigenvalue weighted by Gasteiger charge is 2.35. The number of nitrogens with one attached hydrogen (secondary N) is 1. The summed E-state index contributed by atoms with van der Waals surface area (Å²) in [4.78, 5) is 17.7. The van der Waals surface area contributed by atoms with Crippen molar-refractivity contribution >= 4 is 17.3 Å². The van der Waals surface area contributed by atoms with Crippen LogP contribution in [-0.4, -0.2) is 45.4 Å². The van der Waals surface area contributed by atoms with Crippen molar-refractivity contribution in [3.05, 3.63) is 34.5 Å². The van der Waals surface area contributed by atoms with Crippen LogP contribution >= 0.6 is 0 Å². The summed E-state index contributed by atoms with van der Waals surface area (Å²) in [5.74, 6) is 0.360. The van der Waals surface area contributed by atoms with Gasteiger partial charge in [-0.1, -0.05) is 25.3 Å². The third-order valence-corrected chi connectivity index (χ3v) is 5.00. The van der Waals surface area contributed by atoms with Crippen molar-refractivity contribution in [2.45, 2.75) is 37.6 Å². The van der Waals surface area contributed by atoms with Crippen LogP contribution in [0.25, 0.3) is 5.65 Å². The van der Waals surface area contributed by atoms with Gasteiger partial charge in [-0.25, -0.2) is 0 Å². The molecule has 0 radical (unpaired) electrons. The molecule has 0 spiro atoms.